The summed E-state index contributed by atoms with van der Waals surface area (Å²) < 4.78 is 15.5. The highest BCUT2D eigenvalue weighted by atomic mass is 32.2. The normalized spacial score (nSPS) is 10.8. The summed E-state index contributed by atoms with van der Waals surface area (Å²) in [6, 6.07) is 15.8. The number of hydrogen-bond acceptors (Lipinski definition) is 6. The van der Waals surface area contributed by atoms with E-state index in [1.165, 1.54) is 0 Å². The first-order valence-corrected chi connectivity index (χ1v) is 11.3. The van der Waals surface area contributed by atoms with Gasteiger partial charge in [-0.3, -0.25) is 14.2 Å². The molecule has 0 saturated heterocycles. The number of benzene rings is 2. The van der Waals surface area contributed by atoms with Crippen LogP contribution in [0.5, 0.6) is 11.5 Å². The highest BCUT2D eigenvalue weighted by molar-refractivity contribution is 7.98. The third-order valence-electron chi connectivity index (χ3n) is 4.87. The van der Waals surface area contributed by atoms with Gasteiger partial charge in [-0.25, -0.2) is 4.98 Å². The van der Waals surface area contributed by atoms with E-state index in [1.54, 1.807) is 32.1 Å². The van der Waals surface area contributed by atoms with Gasteiger partial charge in [-0.1, -0.05) is 48.2 Å². The van der Waals surface area contributed by atoms with E-state index in [4.69, 9.17) is 26.7 Å². The predicted molar refractivity (Wildman–Crippen MR) is 129 cm³/mol. The van der Waals surface area contributed by atoms with Gasteiger partial charge in [-0.15, -0.1) is 6.58 Å². The second kappa shape index (κ2) is 9.88. The number of H-pyrrole nitrogens is 1. The average Bonchev–Trinajstić information content (AvgIpc) is 3.41. The molecule has 0 aliphatic heterocycles. The van der Waals surface area contributed by atoms with Gasteiger partial charge in [0.15, 0.2) is 9.93 Å². The molecule has 0 radical (unpaired) electrons. The Bertz CT molecular complexity index is 1280. The fraction of sp³-hybridized carbons (Fsp3) is 0.174. The number of aromatic nitrogens is 5. The molecular weight excluding hydrogens is 442 g/mol. The molecule has 2 aromatic carbocycles. The molecule has 0 aliphatic rings. The predicted octanol–water partition coefficient (Wildman–Crippen LogP) is 5.29. The van der Waals surface area contributed by atoms with Crippen LogP contribution in [0.25, 0.3) is 16.9 Å². The summed E-state index contributed by atoms with van der Waals surface area (Å²) in [7, 11) is 3.28. The maximum atomic E-state index is 5.65. The Morgan fingerprint density at radius 3 is 2.69 bits per heavy atom. The zero-order valence-electron chi connectivity index (χ0n) is 17.8. The van der Waals surface area contributed by atoms with E-state index < -0.39 is 0 Å². The summed E-state index contributed by atoms with van der Waals surface area (Å²) in [6.45, 7) is 4.40. The van der Waals surface area contributed by atoms with Crippen LogP contribution < -0.4 is 9.47 Å². The summed E-state index contributed by atoms with van der Waals surface area (Å²) in [5.74, 6) is 2.84. The van der Waals surface area contributed by atoms with E-state index in [2.05, 4.69) is 16.8 Å². The van der Waals surface area contributed by atoms with Crippen molar-refractivity contribution in [3.63, 3.8) is 0 Å². The van der Waals surface area contributed by atoms with Crippen molar-refractivity contribution in [3.05, 3.63) is 78.0 Å². The number of thioether (sulfide) groups is 1. The number of nitrogens with zero attached hydrogens (tertiary/aromatic N) is 4. The topological polar surface area (TPSA) is 69.9 Å². The molecular formula is C23H23N5O2S2. The molecule has 1 N–H and O–H groups in total. The number of methoxy groups -OCH3 is 2. The molecule has 0 unspecified atom stereocenters. The lowest BCUT2D eigenvalue weighted by Gasteiger charge is -2.13. The van der Waals surface area contributed by atoms with Crippen LogP contribution in [0.1, 0.15) is 5.82 Å². The fourth-order valence-electron chi connectivity index (χ4n) is 3.28. The van der Waals surface area contributed by atoms with Gasteiger partial charge in [-0.2, -0.15) is 5.10 Å². The lowest BCUT2D eigenvalue weighted by atomic mass is 10.2. The smallest absolute Gasteiger partial charge is 0.195 e. The number of nitrogens with one attached hydrogen (secondary N) is 1. The monoisotopic (exact) mass is 465 g/mol. The maximum Gasteiger partial charge on any atom is 0.195 e. The van der Waals surface area contributed by atoms with Crippen molar-refractivity contribution in [2.75, 3.05) is 14.2 Å². The molecule has 0 fully saturated rings. The van der Waals surface area contributed by atoms with Crippen LogP contribution >= 0.6 is 24.0 Å². The van der Waals surface area contributed by atoms with Crippen LogP contribution in [0.4, 0.5) is 0 Å². The second-order valence-electron chi connectivity index (χ2n) is 6.82. The van der Waals surface area contributed by atoms with Crippen molar-refractivity contribution >= 4 is 24.0 Å². The van der Waals surface area contributed by atoms with E-state index >= 15 is 0 Å². The minimum atomic E-state index is 0.575. The molecule has 9 heteroatoms. The van der Waals surface area contributed by atoms with Gasteiger partial charge in [0.1, 0.15) is 17.3 Å². The molecule has 0 spiro atoms. The van der Waals surface area contributed by atoms with Crippen LogP contribution in [0.15, 0.2) is 72.5 Å². The zero-order valence-corrected chi connectivity index (χ0v) is 19.4. The molecule has 7 nitrogen and oxygen atoms in total. The molecule has 0 saturated carbocycles. The number of rotatable bonds is 9. The molecule has 4 rings (SSSR count). The Hall–Kier alpha value is -3.30. The second-order valence-corrected chi connectivity index (χ2v) is 8.14. The van der Waals surface area contributed by atoms with Crippen LogP contribution in [0, 0.1) is 4.77 Å². The summed E-state index contributed by atoms with van der Waals surface area (Å²) in [5, 5.41) is 8.04. The average molecular weight is 466 g/mol. The lowest BCUT2D eigenvalue weighted by Crippen LogP contribution is -2.03. The fourth-order valence-corrected chi connectivity index (χ4v) is 4.43. The summed E-state index contributed by atoms with van der Waals surface area (Å²) >= 11 is 6.91. The Kier molecular flexibility index (Phi) is 6.77. The van der Waals surface area contributed by atoms with Gasteiger partial charge < -0.3 is 9.47 Å². The van der Waals surface area contributed by atoms with Gasteiger partial charge in [0.25, 0.3) is 0 Å². The van der Waals surface area contributed by atoms with Crippen LogP contribution in [-0.4, -0.2) is 38.5 Å². The number of ether oxygens (including phenoxy) is 2. The zero-order chi connectivity index (χ0) is 22.5. The Balaban J connectivity index is 1.75. The van der Waals surface area contributed by atoms with Crippen molar-refractivity contribution in [1.82, 2.24) is 24.3 Å². The van der Waals surface area contributed by atoms with E-state index in [0.717, 1.165) is 33.7 Å². The SMILES string of the molecule is C=CCn1c(CSc2nc(-c3ccccc3)cn2-c2ccc(OC)cc2OC)n[nH]c1=S. The summed E-state index contributed by atoms with van der Waals surface area (Å²) in [5.41, 5.74) is 2.78. The van der Waals surface area contributed by atoms with Gasteiger partial charge in [0.05, 0.1) is 31.4 Å². The number of allylic oxidation sites excluding steroid dienone is 1. The van der Waals surface area contributed by atoms with Crippen LogP contribution in [0.2, 0.25) is 0 Å². The van der Waals surface area contributed by atoms with E-state index in [0.29, 0.717) is 22.8 Å². The molecule has 0 bridgehead atoms. The van der Waals surface area contributed by atoms with E-state index in [1.807, 2.05) is 63.9 Å². The third kappa shape index (κ3) is 4.49. The van der Waals surface area contributed by atoms with Gasteiger partial charge in [0.2, 0.25) is 0 Å². The molecule has 4 aromatic rings. The third-order valence-corrected chi connectivity index (χ3v) is 6.13. The first kappa shape index (κ1) is 21.9. The molecule has 2 heterocycles. The highest BCUT2D eigenvalue weighted by Gasteiger charge is 2.17. The van der Waals surface area contributed by atoms with Gasteiger partial charge >= 0.3 is 0 Å². The quantitative estimate of drug-likeness (QED) is 0.206. The summed E-state index contributed by atoms with van der Waals surface area (Å²) in [6.07, 6.45) is 3.82. The molecule has 164 valence electrons. The number of imidazole rings is 1. The molecule has 0 atom stereocenters. The Labute approximate surface area is 195 Å². The highest BCUT2D eigenvalue weighted by Crippen LogP contribution is 2.34. The van der Waals surface area contributed by atoms with Gasteiger partial charge in [0, 0.05) is 24.4 Å². The molecule has 0 aliphatic carbocycles. The standard InChI is InChI=1S/C23H23N5O2S2/c1-4-12-27-21(25-26-22(27)31)15-32-23-24-18(16-8-6-5-7-9-16)14-28(23)19-11-10-17(29-2)13-20(19)30-3/h4-11,13-14H,1,12,15H2,2-3H3,(H,26,31). The Morgan fingerprint density at radius 2 is 1.97 bits per heavy atom. The maximum absolute atomic E-state index is 5.65. The van der Waals surface area contributed by atoms with Crippen molar-refractivity contribution in [3.8, 4) is 28.4 Å². The largest absolute Gasteiger partial charge is 0.497 e. The minimum absolute atomic E-state index is 0.575. The number of hydrogen-bond donors (Lipinski definition) is 1. The molecule has 32 heavy (non-hydrogen) atoms. The van der Waals surface area contributed by atoms with Crippen LogP contribution in [-0.2, 0) is 12.3 Å². The lowest BCUT2D eigenvalue weighted by molar-refractivity contribution is 0.392. The first-order chi connectivity index (χ1) is 15.6. The van der Waals surface area contributed by atoms with E-state index in [-0.39, 0.29) is 0 Å². The van der Waals surface area contributed by atoms with Crippen LogP contribution in [0.3, 0.4) is 0 Å². The molecule has 2 aromatic heterocycles. The molecule has 0 amide bonds. The van der Waals surface area contributed by atoms with Crippen molar-refractivity contribution < 1.29 is 9.47 Å². The summed E-state index contributed by atoms with van der Waals surface area (Å²) in [4.78, 5) is 4.92. The van der Waals surface area contributed by atoms with Gasteiger partial charge in [-0.05, 0) is 24.4 Å². The van der Waals surface area contributed by atoms with E-state index in [9.17, 15) is 0 Å². The van der Waals surface area contributed by atoms with Crippen molar-refractivity contribution in [1.29, 1.82) is 0 Å². The first-order valence-electron chi connectivity index (χ1n) is 9.89. The van der Waals surface area contributed by atoms with Crippen molar-refractivity contribution in [2.45, 2.75) is 17.5 Å². The van der Waals surface area contributed by atoms with Crippen molar-refractivity contribution in [2.24, 2.45) is 0 Å². The number of aromatic amines is 1. The minimum Gasteiger partial charge on any atom is -0.497 e. The Morgan fingerprint density at radius 1 is 1.16 bits per heavy atom.